The van der Waals surface area contributed by atoms with Crippen molar-refractivity contribution in [3.63, 3.8) is 0 Å². The summed E-state index contributed by atoms with van der Waals surface area (Å²) in [5.74, 6) is 0.595. The molecule has 0 radical (unpaired) electrons. The maximum Gasteiger partial charge on any atom is 0.0502 e. The van der Waals surface area contributed by atoms with Crippen LogP contribution >= 0.6 is 0 Å². The summed E-state index contributed by atoms with van der Waals surface area (Å²) in [6.45, 7) is 6.94. The summed E-state index contributed by atoms with van der Waals surface area (Å²) in [5, 5.41) is 9.28. The molecule has 0 aliphatic carbocycles. The number of rotatable bonds is 2. The smallest absolute Gasteiger partial charge is 0.0502 e. The summed E-state index contributed by atoms with van der Waals surface area (Å²) >= 11 is 0. The van der Waals surface area contributed by atoms with E-state index in [1.165, 1.54) is 0 Å². The summed E-state index contributed by atoms with van der Waals surface area (Å²) in [5.41, 5.74) is 0.189. The Hall–Kier alpha value is -0.0800. The first kappa shape index (κ1) is 9.01. The molecule has 1 heterocycles. The highest BCUT2D eigenvalue weighted by Crippen LogP contribution is 2.36. The van der Waals surface area contributed by atoms with E-state index in [-0.39, 0.29) is 5.41 Å². The molecule has 0 aromatic rings. The van der Waals surface area contributed by atoms with E-state index in [9.17, 15) is 5.11 Å². The molecule has 0 spiro atoms. The van der Waals surface area contributed by atoms with Crippen LogP contribution in [0, 0.1) is 11.3 Å². The van der Waals surface area contributed by atoms with Gasteiger partial charge in [-0.3, -0.25) is 0 Å². The Morgan fingerprint density at radius 1 is 1.55 bits per heavy atom. The summed E-state index contributed by atoms with van der Waals surface area (Å²) in [6, 6.07) is 0. The van der Waals surface area contributed by atoms with Gasteiger partial charge in [-0.05, 0) is 25.9 Å². The van der Waals surface area contributed by atoms with Gasteiger partial charge in [0.2, 0.25) is 0 Å². The van der Waals surface area contributed by atoms with Gasteiger partial charge in [-0.15, -0.1) is 0 Å². The molecule has 1 saturated heterocycles. The van der Waals surface area contributed by atoms with Crippen molar-refractivity contribution in [1.29, 1.82) is 0 Å². The molecular formula is C9H19NO. The van der Waals surface area contributed by atoms with E-state index in [0.29, 0.717) is 12.5 Å². The predicted molar refractivity (Wildman–Crippen MR) is 46.5 cm³/mol. The Balaban J connectivity index is 2.62. The molecule has 0 saturated carbocycles. The number of aliphatic hydroxyl groups is 1. The molecule has 1 aliphatic rings. The van der Waals surface area contributed by atoms with Gasteiger partial charge < -0.3 is 10.0 Å². The molecule has 2 heteroatoms. The summed E-state index contributed by atoms with van der Waals surface area (Å²) in [6.07, 6.45) is 1.15. The summed E-state index contributed by atoms with van der Waals surface area (Å²) in [7, 11) is 2.12. The molecule has 1 fully saturated rings. The minimum atomic E-state index is 0.189. The predicted octanol–water partition coefficient (Wildman–Crippen LogP) is 0.957. The lowest BCUT2D eigenvalue weighted by molar-refractivity contribution is 0.0861. The van der Waals surface area contributed by atoms with Gasteiger partial charge in [0.25, 0.3) is 0 Å². The first-order chi connectivity index (χ1) is 5.10. The highest BCUT2D eigenvalue weighted by Gasteiger charge is 2.38. The molecule has 11 heavy (non-hydrogen) atoms. The summed E-state index contributed by atoms with van der Waals surface area (Å²) in [4.78, 5) is 2.30. The van der Waals surface area contributed by atoms with Crippen LogP contribution in [0.2, 0.25) is 0 Å². The Morgan fingerprint density at radius 3 is 2.36 bits per heavy atom. The number of aliphatic hydroxyl groups excluding tert-OH is 1. The van der Waals surface area contributed by atoms with Crippen LogP contribution in [-0.2, 0) is 0 Å². The highest BCUT2D eigenvalue weighted by molar-refractivity contribution is 4.90. The van der Waals surface area contributed by atoms with Crippen molar-refractivity contribution in [1.82, 2.24) is 4.90 Å². The van der Waals surface area contributed by atoms with Crippen molar-refractivity contribution in [3.8, 4) is 0 Å². The van der Waals surface area contributed by atoms with Gasteiger partial charge in [0.05, 0.1) is 6.61 Å². The van der Waals surface area contributed by atoms with Gasteiger partial charge in [-0.25, -0.2) is 0 Å². The van der Waals surface area contributed by atoms with E-state index in [4.69, 9.17) is 0 Å². The monoisotopic (exact) mass is 157 g/mol. The second kappa shape index (κ2) is 3.11. The van der Waals surface area contributed by atoms with E-state index in [2.05, 4.69) is 25.8 Å². The number of hydrogen-bond acceptors (Lipinski definition) is 2. The summed E-state index contributed by atoms with van der Waals surface area (Å²) < 4.78 is 0. The zero-order valence-electron chi connectivity index (χ0n) is 7.80. The SMILES string of the molecule is CC(C)C1(CO)CCN(C)C1. The van der Waals surface area contributed by atoms with Crippen LogP contribution < -0.4 is 0 Å². The molecule has 0 aromatic heterocycles. The molecule has 1 aliphatic heterocycles. The number of hydrogen-bond donors (Lipinski definition) is 1. The Kier molecular flexibility index (Phi) is 2.55. The first-order valence-corrected chi connectivity index (χ1v) is 4.40. The number of likely N-dealkylation sites (tertiary alicyclic amines) is 1. The highest BCUT2D eigenvalue weighted by atomic mass is 16.3. The third-order valence-corrected chi connectivity index (χ3v) is 3.12. The minimum absolute atomic E-state index is 0.189. The first-order valence-electron chi connectivity index (χ1n) is 4.40. The van der Waals surface area contributed by atoms with Gasteiger partial charge >= 0.3 is 0 Å². The van der Waals surface area contributed by atoms with Crippen molar-refractivity contribution in [3.05, 3.63) is 0 Å². The molecule has 0 bridgehead atoms. The third kappa shape index (κ3) is 1.57. The third-order valence-electron chi connectivity index (χ3n) is 3.12. The van der Waals surface area contributed by atoms with Gasteiger partial charge in [0.1, 0.15) is 0 Å². The molecule has 1 atom stereocenters. The maximum atomic E-state index is 9.28. The largest absolute Gasteiger partial charge is 0.396 e. The van der Waals surface area contributed by atoms with Crippen molar-refractivity contribution >= 4 is 0 Å². The van der Waals surface area contributed by atoms with Gasteiger partial charge in [0.15, 0.2) is 0 Å². The molecule has 1 unspecified atom stereocenters. The Morgan fingerprint density at radius 2 is 2.18 bits per heavy atom. The molecule has 1 rings (SSSR count). The Labute approximate surface area is 69.2 Å². The second-order valence-corrected chi connectivity index (χ2v) is 4.16. The molecule has 2 nitrogen and oxygen atoms in total. The molecular weight excluding hydrogens is 138 g/mol. The molecule has 0 aromatic carbocycles. The van der Waals surface area contributed by atoms with Gasteiger partial charge in [-0.2, -0.15) is 0 Å². The van der Waals surface area contributed by atoms with Crippen LogP contribution in [0.15, 0.2) is 0 Å². The topological polar surface area (TPSA) is 23.5 Å². The fraction of sp³-hybridized carbons (Fsp3) is 1.00. The van der Waals surface area contributed by atoms with E-state index in [1.54, 1.807) is 0 Å². The van der Waals surface area contributed by atoms with Crippen molar-refractivity contribution in [2.45, 2.75) is 20.3 Å². The van der Waals surface area contributed by atoms with Crippen molar-refractivity contribution in [2.75, 3.05) is 26.7 Å². The standard InChI is InChI=1S/C9H19NO/c1-8(2)9(7-11)4-5-10(3)6-9/h8,11H,4-7H2,1-3H3. The Bertz CT molecular complexity index is 136. The van der Waals surface area contributed by atoms with Crippen LogP contribution in [0.25, 0.3) is 0 Å². The van der Waals surface area contributed by atoms with Crippen LogP contribution in [0.5, 0.6) is 0 Å². The van der Waals surface area contributed by atoms with E-state index >= 15 is 0 Å². The average Bonchev–Trinajstić information content (AvgIpc) is 2.33. The van der Waals surface area contributed by atoms with E-state index in [1.807, 2.05) is 0 Å². The zero-order valence-corrected chi connectivity index (χ0v) is 7.80. The normalized spacial score (nSPS) is 33.5. The lowest BCUT2D eigenvalue weighted by Crippen LogP contribution is -2.34. The van der Waals surface area contributed by atoms with Crippen LogP contribution in [-0.4, -0.2) is 36.8 Å². The van der Waals surface area contributed by atoms with Crippen LogP contribution in [0.4, 0.5) is 0 Å². The number of nitrogens with zero attached hydrogens (tertiary/aromatic N) is 1. The van der Waals surface area contributed by atoms with E-state index < -0.39 is 0 Å². The molecule has 1 N–H and O–H groups in total. The van der Waals surface area contributed by atoms with Crippen molar-refractivity contribution in [2.24, 2.45) is 11.3 Å². The maximum absolute atomic E-state index is 9.28. The molecule has 66 valence electrons. The van der Waals surface area contributed by atoms with Crippen LogP contribution in [0.1, 0.15) is 20.3 Å². The lowest BCUT2D eigenvalue weighted by Gasteiger charge is -2.30. The van der Waals surface area contributed by atoms with E-state index in [0.717, 1.165) is 19.5 Å². The quantitative estimate of drug-likeness (QED) is 0.645. The van der Waals surface area contributed by atoms with Gasteiger partial charge in [0, 0.05) is 12.0 Å². The van der Waals surface area contributed by atoms with Gasteiger partial charge in [-0.1, -0.05) is 13.8 Å². The minimum Gasteiger partial charge on any atom is -0.396 e. The average molecular weight is 157 g/mol. The molecule has 0 amide bonds. The fourth-order valence-corrected chi connectivity index (χ4v) is 1.89. The lowest BCUT2D eigenvalue weighted by atomic mass is 9.77. The van der Waals surface area contributed by atoms with Crippen molar-refractivity contribution < 1.29 is 5.11 Å². The van der Waals surface area contributed by atoms with Crippen LogP contribution in [0.3, 0.4) is 0 Å². The second-order valence-electron chi connectivity index (χ2n) is 4.16. The fourth-order valence-electron chi connectivity index (χ4n) is 1.89. The zero-order chi connectivity index (χ0) is 8.48.